The molecular formula is C21H28N4O2. The maximum Gasteiger partial charge on any atom is 0.234 e. The number of nitrogens with one attached hydrogen (secondary N) is 1. The molecule has 1 amide bonds. The van der Waals surface area contributed by atoms with Crippen LogP contribution in [0.3, 0.4) is 0 Å². The molecule has 144 valence electrons. The van der Waals surface area contributed by atoms with Gasteiger partial charge >= 0.3 is 0 Å². The summed E-state index contributed by atoms with van der Waals surface area (Å²) in [6.07, 6.45) is 3.30. The SMILES string of the molecule is Cc1cc(CN2CCN(CC(=O)NC3CCCc4ccccc43)CC2)no1. The number of rotatable bonds is 5. The van der Waals surface area contributed by atoms with Crippen molar-refractivity contribution in [3.8, 4) is 0 Å². The first-order chi connectivity index (χ1) is 13.2. The monoisotopic (exact) mass is 368 g/mol. The summed E-state index contributed by atoms with van der Waals surface area (Å²) in [5.41, 5.74) is 3.66. The molecule has 0 spiro atoms. The Labute approximate surface area is 160 Å². The van der Waals surface area contributed by atoms with Gasteiger partial charge in [-0.15, -0.1) is 0 Å². The number of amides is 1. The number of aryl methyl sites for hydroxylation is 2. The molecule has 1 aliphatic heterocycles. The number of carbonyl (C=O) groups excluding carboxylic acids is 1. The first-order valence-corrected chi connectivity index (χ1v) is 9.91. The van der Waals surface area contributed by atoms with Crippen LogP contribution in [0.2, 0.25) is 0 Å². The van der Waals surface area contributed by atoms with Gasteiger partial charge in [0, 0.05) is 38.8 Å². The maximum atomic E-state index is 12.6. The Hall–Kier alpha value is -2.18. The number of carbonyl (C=O) groups is 1. The molecule has 1 atom stereocenters. The van der Waals surface area contributed by atoms with E-state index in [1.165, 1.54) is 11.1 Å². The largest absolute Gasteiger partial charge is 0.361 e. The van der Waals surface area contributed by atoms with Gasteiger partial charge in [-0.2, -0.15) is 0 Å². The quantitative estimate of drug-likeness (QED) is 0.877. The van der Waals surface area contributed by atoms with Gasteiger partial charge in [0.1, 0.15) is 5.76 Å². The molecule has 1 aromatic heterocycles. The van der Waals surface area contributed by atoms with Gasteiger partial charge in [-0.3, -0.25) is 14.6 Å². The van der Waals surface area contributed by atoms with Gasteiger partial charge in [-0.05, 0) is 37.3 Å². The fourth-order valence-corrected chi connectivity index (χ4v) is 4.17. The smallest absolute Gasteiger partial charge is 0.234 e. The van der Waals surface area contributed by atoms with Crippen molar-refractivity contribution in [2.45, 2.75) is 38.8 Å². The van der Waals surface area contributed by atoms with Crippen LogP contribution in [0.15, 0.2) is 34.9 Å². The lowest BCUT2D eigenvalue weighted by Crippen LogP contribution is -2.49. The molecule has 2 aromatic rings. The number of hydrogen-bond donors (Lipinski definition) is 1. The van der Waals surface area contributed by atoms with Crippen LogP contribution in [0.5, 0.6) is 0 Å². The van der Waals surface area contributed by atoms with Gasteiger partial charge in [-0.25, -0.2) is 0 Å². The van der Waals surface area contributed by atoms with Crippen LogP contribution in [0.4, 0.5) is 0 Å². The highest BCUT2D eigenvalue weighted by Gasteiger charge is 2.24. The molecule has 6 heteroatoms. The lowest BCUT2D eigenvalue weighted by atomic mass is 9.88. The summed E-state index contributed by atoms with van der Waals surface area (Å²) in [5.74, 6) is 0.988. The van der Waals surface area contributed by atoms with E-state index in [1.54, 1.807) is 0 Å². The molecule has 1 aromatic carbocycles. The third kappa shape index (κ3) is 4.57. The number of piperazine rings is 1. The van der Waals surface area contributed by atoms with E-state index < -0.39 is 0 Å². The number of benzene rings is 1. The lowest BCUT2D eigenvalue weighted by Gasteiger charge is -2.34. The van der Waals surface area contributed by atoms with E-state index in [-0.39, 0.29) is 11.9 Å². The van der Waals surface area contributed by atoms with Gasteiger partial charge in [0.25, 0.3) is 0 Å². The first-order valence-electron chi connectivity index (χ1n) is 9.91. The van der Waals surface area contributed by atoms with Crippen LogP contribution in [-0.4, -0.2) is 53.6 Å². The minimum absolute atomic E-state index is 0.136. The van der Waals surface area contributed by atoms with Crippen molar-refractivity contribution in [2.24, 2.45) is 0 Å². The number of hydrogen-bond acceptors (Lipinski definition) is 5. The van der Waals surface area contributed by atoms with Crippen LogP contribution in [0.1, 0.15) is 41.5 Å². The predicted molar refractivity (Wildman–Crippen MR) is 103 cm³/mol. The van der Waals surface area contributed by atoms with Crippen molar-refractivity contribution in [1.29, 1.82) is 0 Å². The summed E-state index contributed by atoms with van der Waals surface area (Å²) < 4.78 is 5.14. The van der Waals surface area contributed by atoms with E-state index in [1.807, 2.05) is 13.0 Å². The number of fused-ring (bicyclic) bond motifs is 1. The van der Waals surface area contributed by atoms with Crippen LogP contribution >= 0.6 is 0 Å². The second kappa shape index (κ2) is 8.23. The van der Waals surface area contributed by atoms with Crippen molar-refractivity contribution >= 4 is 5.91 Å². The first kappa shape index (κ1) is 18.2. The molecule has 0 radical (unpaired) electrons. The van der Waals surface area contributed by atoms with Crippen molar-refractivity contribution in [3.63, 3.8) is 0 Å². The summed E-state index contributed by atoms with van der Waals surface area (Å²) in [7, 11) is 0. The van der Waals surface area contributed by atoms with Crippen molar-refractivity contribution in [1.82, 2.24) is 20.3 Å². The molecule has 2 heterocycles. The van der Waals surface area contributed by atoms with Gasteiger partial charge in [0.15, 0.2) is 0 Å². The summed E-state index contributed by atoms with van der Waals surface area (Å²) >= 11 is 0. The van der Waals surface area contributed by atoms with Crippen LogP contribution in [0.25, 0.3) is 0 Å². The van der Waals surface area contributed by atoms with E-state index in [2.05, 4.69) is 44.5 Å². The third-order valence-corrected chi connectivity index (χ3v) is 5.60. The van der Waals surface area contributed by atoms with Gasteiger partial charge in [0.05, 0.1) is 18.3 Å². The Morgan fingerprint density at radius 1 is 1.22 bits per heavy atom. The van der Waals surface area contributed by atoms with Crippen LogP contribution in [-0.2, 0) is 17.8 Å². The fourth-order valence-electron chi connectivity index (χ4n) is 4.17. The average Bonchev–Trinajstić information content (AvgIpc) is 3.08. The zero-order valence-corrected chi connectivity index (χ0v) is 16.0. The molecule has 1 unspecified atom stereocenters. The summed E-state index contributed by atoms with van der Waals surface area (Å²) in [6, 6.07) is 10.6. The molecule has 1 fully saturated rings. The minimum atomic E-state index is 0.136. The summed E-state index contributed by atoms with van der Waals surface area (Å²) in [5, 5.41) is 7.33. The number of nitrogens with zero attached hydrogens (tertiary/aromatic N) is 3. The van der Waals surface area contributed by atoms with Gasteiger partial charge in [-0.1, -0.05) is 29.4 Å². The predicted octanol–water partition coefficient (Wildman–Crippen LogP) is 2.29. The van der Waals surface area contributed by atoms with Crippen LogP contribution in [0, 0.1) is 6.92 Å². The topological polar surface area (TPSA) is 61.6 Å². The highest BCUT2D eigenvalue weighted by molar-refractivity contribution is 5.78. The molecule has 1 aliphatic carbocycles. The molecule has 4 rings (SSSR count). The Kier molecular flexibility index (Phi) is 5.55. The molecular weight excluding hydrogens is 340 g/mol. The average molecular weight is 368 g/mol. The molecule has 6 nitrogen and oxygen atoms in total. The molecule has 0 bridgehead atoms. The van der Waals surface area contributed by atoms with Crippen molar-refractivity contribution in [2.75, 3.05) is 32.7 Å². The second-order valence-electron chi connectivity index (χ2n) is 7.69. The molecule has 1 N–H and O–H groups in total. The fraction of sp³-hybridized carbons (Fsp3) is 0.524. The highest BCUT2D eigenvalue weighted by Crippen LogP contribution is 2.29. The number of aromatic nitrogens is 1. The molecule has 27 heavy (non-hydrogen) atoms. The van der Waals surface area contributed by atoms with E-state index in [9.17, 15) is 4.79 Å². The summed E-state index contributed by atoms with van der Waals surface area (Å²) in [4.78, 5) is 17.2. The summed E-state index contributed by atoms with van der Waals surface area (Å²) in [6.45, 7) is 6.93. The third-order valence-electron chi connectivity index (χ3n) is 5.60. The molecule has 1 saturated heterocycles. The van der Waals surface area contributed by atoms with Crippen molar-refractivity contribution in [3.05, 3.63) is 52.9 Å². The maximum absolute atomic E-state index is 12.6. The zero-order chi connectivity index (χ0) is 18.6. The van der Waals surface area contributed by atoms with E-state index in [0.29, 0.717) is 6.54 Å². The highest BCUT2D eigenvalue weighted by atomic mass is 16.5. The minimum Gasteiger partial charge on any atom is -0.361 e. The lowest BCUT2D eigenvalue weighted by molar-refractivity contribution is -0.123. The Morgan fingerprint density at radius 3 is 2.78 bits per heavy atom. The van der Waals surface area contributed by atoms with Gasteiger partial charge < -0.3 is 9.84 Å². The second-order valence-corrected chi connectivity index (χ2v) is 7.69. The normalized spacial score (nSPS) is 21.0. The Bertz CT molecular complexity index is 780. The van der Waals surface area contributed by atoms with E-state index in [4.69, 9.17) is 4.52 Å². The van der Waals surface area contributed by atoms with E-state index in [0.717, 1.165) is 63.4 Å². The van der Waals surface area contributed by atoms with Crippen LogP contribution < -0.4 is 5.32 Å². The Balaban J connectivity index is 1.24. The molecule has 0 saturated carbocycles. The molecule has 2 aliphatic rings. The Morgan fingerprint density at radius 2 is 2.00 bits per heavy atom. The standard InChI is InChI=1S/C21H28N4O2/c1-16-13-18(23-27-16)14-24-9-11-25(12-10-24)15-21(26)22-20-8-4-6-17-5-2-3-7-19(17)20/h2-3,5,7,13,20H,4,6,8-12,14-15H2,1H3,(H,22,26). The van der Waals surface area contributed by atoms with Gasteiger partial charge in [0.2, 0.25) is 5.91 Å². The van der Waals surface area contributed by atoms with Crippen molar-refractivity contribution < 1.29 is 9.32 Å². The zero-order valence-electron chi connectivity index (χ0n) is 16.0. The van der Waals surface area contributed by atoms with E-state index >= 15 is 0 Å².